The summed E-state index contributed by atoms with van der Waals surface area (Å²) in [4.78, 5) is 24.5. The van der Waals surface area contributed by atoms with Gasteiger partial charge in [-0.2, -0.15) is 0 Å². The number of ether oxygens (including phenoxy) is 1. The molecule has 0 aromatic rings. The molecule has 0 aliphatic rings. The molecule has 0 spiro atoms. The summed E-state index contributed by atoms with van der Waals surface area (Å²) >= 11 is 0. The van der Waals surface area contributed by atoms with Crippen molar-refractivity contribution in [2.24, 2.45) is 0 Å². The third kappa shape index (κ3) is 59.8. The number of hydrogen-bond acceptors (Lipinski definition) is 5. The van der Waals surface area contributed by atoms with Gasteiger partial charge < -0.3 is 20.3 Å². The number of carbonyl (C=O) groups is 2. The first-order valence-corrected chi connectivity index (χ1v) is 33.9. The van der Waals surface area contributed by atoms with Crippen molar-refractivity contribution in [1.82, 2.24) is 5.32 Å². The smallest absolute Gasteiger partial charge is 0.305 e. The molecule has 1 amide bonds. The van der Waals surface area contributed by atoms with Gasteiger partial charge >= 0.3 is 5.97 Å². The molecular formula is C68H133NO5. The molecule has 0 bridgehead atoms. The Morgan fingerprint density at radius 1 is 0.365 bits per heavy atom. The number of aliphatic hydroxyl groups is 2. The minimum Gasteiger partial charge on any atom is -0.466 e. The maximum atomic E-state index is 12.5. The van der Waals surface area contributed by atoms with E-state index in [9.17, 15) is 19.8 Å². The fourth-order valence-electron chi connectivity index (χ4n) is 10.9. The molecule has 0 saturated carbocycles. The second-order valence-corrected chi connectivity index (χ2v) is 23.5. The van der Waals surface area contributed by atoms with Crippen molar-refractivity contribution in [3.05, 3.63) is 12.2 Å². The zero-order valence-electron chi connectivity index (χ0n) is 50.4. The van der Waals surface area contributed by atoms with Gasteiger partial charge in [-0.15, -0.1) is 0 Å². The van der Waals surface area contributed by atoms with E-state index in [2.05, 4.69) is 31.3 Å². The first kappa shape index (κ1) is 72.6. The van der Waals surface area contributed by atoms with E-state index in [-0.39, 0.29) is 18.5 Å². The van der Waals surface area contributed by atoms with E-state index in [1.165, 1.54) is 315 Å². The molecule has 0 aromatic carbocycles. The number of esters is 1. The van der Waals surface area contributed by atoms with Gasteiger partial charge in [0.1, 0.15) is 0 Å². The lowest BCUT2D eigenvalue weighted by molar-refractivity contribution is -0.143. The minimum atomic E-state index is -0.664. The van der Waals surface area contributed by atoms with Gasteiger partial charge in [0, 0.05) is 12.8 Å². The van der Waals surface area contributed by atoms with Crippen LogP contribution in [-0.2, 0) is 14.3 Å². The van der Waals surface area contributed by atoms with Crippen molar-refractivity contribution in [2.75, 3.05) is 13.2 Å². The average Bonchev–Trinajstić information content (AvgIpc) is 3.40. The Morgan fingerprint density at radius 2 is 0.635 bits per heavy atom. The lowest BCUT2D eigenvalue weighted by Gasteiger charge is -2.22. The van der Waals surface area contributed by atoms with Crippen LogP contribution in [0.2, 0.25) is 0 Å². The third-order valence-corrected chi connectivity index (χ3v) is 16.1. The topological polar surface area (TPSA) is 95.9 Å². The summed E-state index contributed by atoms with van der Waals surface area (Å²) in [5, 5.41) is 23.4. The number of carbonyl (C=O) groups excluding carboxylic acids is 2. The van der Waals surface area contributed by atoms with Crippen molar-refractivity contribution in [2.45, 2.75) is 398 Å². The molecule has 440 valence electrons. The Hall–Kier alpha value is -1.40. The largest absolute Gasteiger partial charge is 0.466 e. The monoisotopic (exact) mass is 1040 g/mol. The lowest BCUT2D eigenvalue weighted by Crippen LogP contribution is -2.45. The van der Waals surface area contributed by atoms with Crippen LogP contribution in [-0.4, -0.2) is 47.4 Å². The molecular weight excluding hydrogens is 911 g/mol. The van der Waals surface area contributed by atoms with Crippen molar-refractivity contribution in [3.8, 4) is 0 Å². The summed E-state index contributed by atoms with van der Waals surface area (Å²) in [5.41, 5.74) is 0. The summed E-state index contributed by atoms with van der Waals surface area (Å²) in [6, 6.07) is -0.541. The Labute approximate surface area is 463 Å². The van der Waals surface area contributed by atoms with Gasteiger partial charge in [-0.25, -0.2) is 0 Å². The second-order valence-electron chi connectivity index (χ2n) is 23.5. The molecule has 6 nitrogen and oxygen atoms in total. The first-order chi connectivity index (χ1) is 36.5. The minimum absolute atomic E-state index is 0.0163. The Bertz CT molecular complexity index is 1110. The highest BCUT2D eigenvalue weighted by molar-refractivity contribution is 5.76. The predicted molar refractivity (Wildman–Crippen MR) is 324 cm³/mol. The summed E-state index contributed by atoms with van der Waals surface area (Å²) < 4.78 is 5.47. The van der Waals surface area contributed by atoms with Crippen LogP contribution in [0.15, 0.2) is 12.2 Å². The maximum Gasteiger partial charge on any atom is 0.305 e. The second kappa shape index (κ2) is 64.1. The van der Waals surface area contributed by atoms with Crippen molar-refractivity contribution in [1.29, 1.82) is 0 Å². The zero-order valence-corrected chi connectivity index (χ0v) is 50.4. The van der Waals surface area contributed by atoms with Crippen molar-refractivity contribution in [3.63, 3.8) is 0 Å². The molecule has 0 aliphatic carbocycles. The van der Waals surface area contributed by atoms with Gasteiger partial charge in [0.05, 0.1) is 25.4 Å². The average molecular weight is 1040 g/mol. The van der Waals surface area contributed by atoms with Crippen LogP contribution in [0.25, 0.3) is 0 Å². The van der Waals surface area contributed by atoms with Crippen LogP contribution < -0.4 is 5.32 Å². The van der Waals surface area contributed by atoms with Gasteiger partial charge in [0.15, 0.2) is 0 Å². The molecule has 74 heavy (non-hydrogen) atoms. The van der Waals surface area contributed by atoms with Gasteiger partial charge in [0.25, 0.3) is 0 Å². The highest BCUT2D eigenvalue weighted by atomic mass is 16.5. The van der Waals surface area contributed by atoms with Crippen LogP contribution in [0, 0.1) is 0 Å². The molecule has 0 saturated heterocycles. The number of allylic oxidation sites excluding steroid dienone is 2. The standard InChI is InChI=1S/C68H133NO5/c1-3-5-7-9-11-13-15-16-17-18-31-34-37-41-44-48-52-56-60-66(71)65(64-70)69-67(72)61-57-53-49-45-42-38-35-32-29-27-25-23-21-19-20-22-24-26-28-30-33-36-39-43-47-51-55-59-63-74-68(73)62-58-54-50-46-40-14-12-10-8-6-4-2/h19-20,65-66,70-71H,3-18,21-64H2,1-2H3,(H,69,72)/b20-19-. The molecule has 2 unspecified atom stereocenters. The van der Waals surface area contributed by atoms with Crippen LogP contribution in [0.1, 0.15) is 386 Å². The normalized spacial score (nSPS) is 12.5. The van der Waals surface area contributed by atoms with E-state index >= 15 is 0 Å². The molecule has 0 aromatic heterocycles. The Kier molecular flexibility index (Phi) is 62.9. The highest BCUT2D eigenvalue weighted by Crippen LogP contribution is 2.19. The number of aliphatic hydroxyl groups excluding tert-OH is 2. The van der Waals surface area contributed by atoms with Gasteiger partial charge in [-0.05, 0) is 51.4 Å². The molecule has 0 fully saturated rings. The number of nitrogens with one attached hydrogen (secondary N) is 1. The maximum absolute atomic E-state index is 12.5. The van der Waals surface area contributed by atoms with E-state index in [0.29, 0.717) is 25.9 Å². The van der Waals surface area contributed by atoms with Gasteiger partial charge in [-0.1, -0.05) is 334 Å². The van der Waals surface area contributed by atoms with Crippen molar-refractivity contribution >= 4 is 11.9 Å². The third-order valence-electron chi connectivity index (χ3n) is 16.1. The summed E-state index contributed by atoms with van der Waals surface area (Å²) in [5.74, 6) is -0.0146. The van der Waals surface area contributed by atoms with Crippen LogP contribution in [0.4, 0.5) is 0 Å². The summed E-state index contributed by atoms with van der Waals surface area (Å²) in [6.07, 6.45) is 78.2. The van der Waals surface area contributed by atoms with E-state index in [0.717, 1.165) is 38.5 Å². The molecule has 0 aliphatic heterocycles. The lowest BCUT2D eigenvalue weighted by atomic mass is 10.0. The Balaban J connectivity index is 3.37. The summed E-state index contributed by atoms with van der Waals surface area (Å²) in [7, 11) is 0. The first-order valence-electron chi connectivity index (χ1n) is 33.9. The molecule has 6 heteroatoms. The molecule has 0 radical (unpaired) electrons. The van der Waals surface area contributed by atoms with Crippen molar-refractivity contribution < 1.29 is 24.5 Å². The fraction of sp³-hybridized carbons (Fsp3) is 0.941. The number of hydrogen-bond donors (Lipinski definition) is 3. The molecule has 0 heterocycles. The van der Waals surface area contributed by atoms with Gasteiger partial charge in [0.2, 0.25) is 5.91 Å². The van der Waals surface area contributed by atoms with Crippen LogP contribution in [0.3, 0.4) is 0 Å². The Morgan fingerprint density at radius 3 is 0.959 bits per heavy atom. The highest BCUT2D eigenvalue weighted by Gasteiger charge is 2.20. The number of unbranched alkanes of at least 4 members (excludes halogenated alkanes) is 51. The molecule has 2 atom stereocenters. The van der Waals surface area contributed by atoms with Gasteiger partial charge in [-0.3, -0.25) is 9.59 Å². The van der Waals surface area contributed by atoms with E-state index in [4.69, 9.17) is 4.74 Å². The van der Waals surface area contributed by atoms with Crippen LogP contribution >= 0.6 is 0 Å². The zero-order chi connectivity index (χ0) is 53.6. The van der Waals surface area contributed by atoms with E-state index in [1.54, 1.807) is 0 Å². The number of amides is 1. The molecule has 3 N–H and O–H groups in total. The van der Waals surface area contributed by atoms with E-state index < -0.39 is 12.1 Å². The van der Waals surface area contributed by atoms with E-state index in [1.807, 2.05) is 0 Å². The fourth-order valence-corrected chi connectivity index (χ4v) is 10.9. The number of rotatable bonds is 64. The quantitative estimate of drug-likeness (QED) is 0.0320. The predicted octanol–water partition coefficient (Wildman–Crippen LogP) is 21.6. The van der Waals surface area contributed by atoms with Crippen LogP contribution in [0.5, 0.6) is 0 Å². The molecule has 0 rings (SSSR count). The summed E-state index contributed by atoms with van der Waals surface area (Å²) in [6.45, 7) is 4.99. The SMILES string of the molecule is CCCCCCCCCCCCCCCCCCCCC(O)C(CO)NC(=O)CCCCCCCCCCCCCC/C=C\CCCCCCCCCCCCCCOC(=O)CCCCCCCCCCCCC.